The maximum absolute atomic E-state index is 11.5. The minimum atomic E-state index is -0.349. The normalized spacial score (nSPS) is 32.9. The van der Waals surface area contributed by atoms with Crippen molar-refractivity contribution in [1.82, 2.24) is 0 Å². The van der Waals surface area contributed by atoms with E-state index in [-0.39, 0.29) is 17.4 Å². The fourth-order valence-corrected chi connectivity index (χ4v) is 4.21. The second kappa shape index (κ2) is 4.88. The third-order valence-electron chi connectivity index (χ3n) is 5.51. The fraction of sp³-hybridized carbons (Fsp3) is 0.588. The molecule has 0 saturated heterocycles. The number of hydrogen-bond acceptors (Lipinski definition) is 2. The molecule has 3 atom stereocenters. The second-order valence-electron chi connectivity index (χ2n) is 6.74. The summed E-state index contributed by atoms with van der Waals surface area (Å²) >= 11 is 0. The molecule has 3 rings (SSSR count). The highest BCUT2D eigenvalue weighted by Gasteiger charge is 2.43. The first-order valence-corrected chi connectivity index (χ1v) is 7.71. The predicted octanol–water partition coefficient (Wildman–Crippen LogP) is 2.51. The summed E-state index contributed by atoms with van der Waals surface area (Å²) in [5.41, 5.74) is 15.3. The molecule has 2 aliphatic rings. The van der Waals surface area contributed by atoms with Crippen LogP contribution in [0.1, 0.15) is 60.5 Å². The zero-order valence-electron chi connectivity index (χ0n) is 12.2. The number of primary amides is 1. The third-order valence-corrected chi connectivity index (χ3v) is 5.51. The lowest BCUT2D eigenvalue weighted by molar-refractivity contribution is 0.1000. The Morgan fingerprint density at radius 1 is 1.30 bits per heavy atom. The second-order valence-corrected chi connectivity index (χ2v) is 6.74. The van der Waals surface area contributed by atoms with E-state index in [1.54, 1.807) is 0 Å². The Morgan fingerprint density at radius 3 is 2.85 bits per heavy atom. The molecule has 2 bridgehead atoms. The van der Waals surface area contributed by atoms with Crippen molar-refractivity contribution in [3.63, 3.8) is 0 Å². The van der Waals surface area contributed by atoms with Crippen LogP contribution in [0.25, 0.3) is 0 Å². The SMILES string of the molecule is C[C@@]12CCCCC[C@@H](Cc3ccc(C(N)=O)cc31)C2N. The van der Waals surface area contributed by atoms with Crippen LogP contribution in [-0.2, 0) is 11.8 Å². The molecule has 0 aliphatic heterocycles. The summed E-state index contributed by atoms with van der Waals surface area (Å²) in [6.07, 6.45) is 7.20. The Balaban J connectivity index is 2.11. The molecule has 2 aliphatic carbocycles. The van der Waals surface area contributed by atoms with Crippen LogP contribution in [-0.4, -0.2) is 11.9 Å². The van der Waals surface area contributed by atoms with Crippen molar-refractivity contribution in [2.24, 2.45) is 17.4 Å². The van der Waals surface area contributed by atoms with Crippen LogP contribution in [0.2, 0.25) is 0 Å². The van der Waals surface area contributed by atoms with Gasteiger partial charge in [0.15, 0.2) is 0 Å². The average molecular weight is 272 g/mol. The number of hydrogen-bond donors (Lipinski definition) is 2. The van der Waals surface area contributed by atoms with Gasteiger partial charge in [0.05, 0.1) is 0 Å². The number of nitrogens with two attached hydrogens (primary N) is 2. The maximum atomic E-state index is 11.5. The molecule has 1 amide bonds. The highest BCUT2D eigenvalue weighted by molar-refractivity contribution is 5.93. The van der Waals surface area contributed by atoms with E-state index < -0.39 is 0 Å². The summed E-state index contributed by atoms with van der Waals surface area (Å²) in [5, 5.41) is 0. The lowest BCUT2D eigenvalue weighted by atomic mass is 9.60. The summed E-state index contributed by atoms with van der Waals surface area (Å²) in [6.45, 7) is 2.28. The lowest BCUT2D eigenvalue weighted by Crippen LogP contribution is -2.52. The van der Waals surface area contributed by atoms with E-state index in [9.17, 15) is 4.79 Å². The van der Waals surface area contributed by atoms with E-state index in [1.165, 1.54) is 36.8 Å². The number of fused-ring (bicyclic) bond motifs is 4. The highest BCUT2D eigenvalue weighted by atomic mass is 16.1. The van der Waals surface area contributed by atoms with E-state index in [4.69, 9.17) is 11.5 Å². The molecular weight excluding hydrogens is 248 g/mol. The molecule has 0 heterocycles. The summed E-state index contributed by atoms with van der Waals surface area (Å²) in [6, 6.07) is 6.14. The maximum Gasteiger partial charge on any atom is 0.248 e. The van der Waals surface area contributed by atoms with Gasteiger partial charge in [-0.15, -0.1) is 0 Å². The molecule has 20 heavy (non-hydrogen) atoms. The van der Waals surface area contributed by atoms with Gasteiger partial charge in [0.2, 0.25) is 5.91 Å². The van der Waals surface area contributed by atoms with Gasteiger partial charge >= 0.3 is 0 Å². The van der Waals surface area contributed by atoms with Crippen LogP contribution in [0.5, 0.6) is 0 Å². The largest absolute Gasteiger partial charge is 0.366 e. The standard InChI is InChI=1S/C17H24N2O/c1-17-8-4-2-3-5-12(15(17)18)9-11-6-7-13(16(19)20)10-14(11)17/h6-7,10,12,15H,2-5,8-9,18H2,1H3,(H2,19,20)/t12-,15?,17+/m0/s1. The smallest absolute Gasteiger partial charge is 0.248 e. The first-order chi connectivity index (χ1) is 9.52. The zero-order chi connectivity index (χ0) is 14.3. The quantitative estimate of drug-likeness (QED) is 0.824. The van der Waals surface area contributed by atoms with Crippen molar-refractivity contribution in [2.45, 2.75) is 56.9 Å². The third kappa shape index (κ3) is 2.05. The molecule has 4 N–H and O–H groups in total. The van der Waals surface area contributed by atoms with E-state index in [2.05, 4.69) is 13.0 Å². The van der Waals surface area contributed by atoms with Crippen molar-refractivity contribution < 1.29 is 4.79 Å². The molecule has 3 nitrogen and oxygen atoms in total. The Hall–Kier alpha value is -1.35. The van der Waals surface area contributed by atoms with Gasteiger partial charge in [0.1, 0.15) is 0 Å². The molecule has 1 unspecified atom stereocenters. The first-order valence-electron chi connectivity index (χ1n) is 7.71. The Morgan fingerprint density at radius 2 is 2.10 bits per heavy atom. The van der Waals surface area contributed by atoms with Crippen molar-refractivity contribution in [3.05, 3.63) is 34.9 Å². The number of rotatable bonds is 1. The van der Waals surface area contributed by atoms with Gasteiger partial charge < -0.3 is 11.5 Å². The molecule has 0 radical (unpaired) electrons. The van der Waals surface area contributed by atoms with Crippen LogP contribution in [0.15, 0.2) is 18.2 Å². The molecular formula is C17H24N2O. The summed E-state index contributed by atoms with van der Waals surface area (Å²) in [4.78, 5) is 11.5. The van der Waals surface area contributed by atoms with Crippen LogP contribution in [0.4, 0.5) is 0 Å². The van der Waals surface area contributed by atoms with Gasteiger partial charge in [0, 0.05) is 17.0 Å². The zero-order valence-corrected chi connectivity index (χ0v) is 12.2. The van der Waals surface area contributed by atoms with Crippen LogP contribution in [0, 0.1) is 5.92 Å². The molecule has 0 spiro atoms. The first kappa shape index (κ1) is 13.6. The predicted molar refractivity (Wildman–Crippen MR) is 80.6 cm³/mol. The topological polar surface area (TPSA) is 69.1 Å². The highest BCUT2D eigenvalue weighted by Crippen LogP contribution is 2.45. The van der Waals surface area contributed by atoms with E-state index >= 15 is 0 Å². The van der Waals surface area contributed by atoms with Crippen molar-refractivity contribution in [2.75, 3.05) is 0 Å². The van der Waals surface area contributed by atoms with Gasteiger partial charge in [-0.2, -0.15) is 0 Å². The molecule has 1 fully saturated rings. The van der Waals surface area contributed by atoms with E-state index in [0.29, 0.717) is 11.5 Å². The average Bonchev–Trinajstić information content (AvgIpc) is 2.43. The van der Waals surface area contributed by atoms with Gasteiger partial charge in [0.25, 0.3) is 0 Å². The number of carbonyl (C=O) groups is 1. The Labute approximate surface area is 120 Å². The minimum Gasteiger partial charge on any atom is -0.366 e. The number of carbonyl (C=O) groups excluding carboxylic acids is 1. The monoisotopic (exact) mass is 272 g/mol. The van der Waals surface area contributed by atoms with Crippen molar-refractivity contribution in [3.8, 4) is 0 Å². The molecule has 1 aromatic rings. The number of benzene rings is 1. The summed E-state index contributed by atoms with van der Waals surface area (Å²) < 4.78 is 0. The van der Waals surface area contributed by atoms with Crippen LogP contribution in [0.3, 0.4) is 0 Å². The van der Waals surface area contributed by atoms with Gasteiger partial charge in [-0.25, -0.2) is 0 Å². The van der Waals surface area contributed by atoms with Gasteiger partial charge in [-0.1, -0.05) is 32.3 Å². The Bertz CT molecular complexity index is 540. The minimum absolute atomic E-state index is 0.00979. The lowest BCUT2D eigenvalue weighted by Gasteiger charge is -2.47. The molecule has 0 aromatic heterocycles. The molecule has 3 heteroatoms. The molecule has 1 aromatic carbocycles. The number of amides is 1. The van der Waals surface area contributed by atoms with Gasteiger partial charge in [-0.3, -0.25) is 4.79 Å². The van der Waals surface area contributed by atoms with Crippen molar-refractivity contribution in [1.29, 1.82) is 0 Å². The van der Waals surface area contributed by atoms with E-state index in [1.807, 2.05) is 12.1 Å². The fourth-order valence-electron chi connectivity index (χ4n) is 4.21. The summed E-state index contributed by atoms with van der Waals surface area (Å²) in [5.74, 6) is 0.227. The molecule has 1 saturated carbocycles. The Kier molecular flexibility index (Phi) is 3.33. The van der Waals surface area contributed by atoms with Gasteiger partial charge in [-0.05, 0) is 48.4 Å². The molecule has 108 valence electrons. The van der Waals surface area contributed by atoms with Crippen molar-refractivity contribution >= 4 is 5.91 Å². The van der Waals surface area contributed by atoms with E-state index in [0.717, 1.165) is 12.8 Å². The summed E-state index contributed by atoms with van der Waals surface area (Å²) in [7, 11) is 0. The van der Waals surface area contributed by atoms with Crippen LogP contribution < -0.4 is 11.5 Å². The van der Waals surface area contributed by atoms with Crippen LogP contribution >= 0.6 is 0 Å².